The number of nitrogens with two attached hydrogens (primary N) is 1. The van der Waals surface area contributed by atoms with E-state index in [0.29, 0.717) is 56.1 Å². The minimum atomic E-state index is -1.01. The Hall–Kier alpha value is -5.20. The van der Waals surface area contributed by atoms with Crippen LogP contribution in [0.5, 0.6) is 11.5 Å². The van der Waals surface area contributed by atoms with Crippen LogP contribution in [-0.4, -0.2) is 113 Å². The molecule has 1 heterocycles. The molecule has 5 N–H and O–H groups in total. The van der Waals surface area contributed by atoms with Gasteiger partial charge in [0.05, 0.1) is 44.4 Å². The summed E-state index contributed by atoms with van der Waals surface area (Å²) in [6.45, 7) is 8.74. The number of fused-ring (bicyclic) bond motifs is 2. The van der Waals surface area contributed by atoms with Crippen LogP contribution in [0.25, 0.3) is 0 Å². The van der Waals surface area contributed by atoms with Gasteiger partial charge < -0.3 is 45.2 Å². The second kappa shape index (κ2) is 22.5. The zero-order chi connectivity index (χ0) is 42.2. The molecule has 1 aromatic rings. The van der Waals surface area contributed by atoms with E-state index < -0.39 is 53.9 Å². The van der Waals surface area contributed by atoms with Crippen LogP contribution in [0, 0.1) is 24.2 Å². The van der Waals surface area contributed by atoms with Crippen molar-refractivity contribution in [2.24, 2.45) is 17.6 Å². The minimum absolute atomic E-state index is 0.138. The third-order valence-corrected chi connectivity index (χ3v) is 10.0. The molecular formula is C43H58N4O10. The number of nitrogens with zero attached hydrogens (tertiary/aromatic N) is 1. The number of carbonyl (C=O) groups is 4. The molecule has 14 nitrogen and oxygen atoms in total. The fraction of sp³-hybridized carbons (Fsp3) is 0.488. The van der Waals surface area contributed by atoms with Crippen LogP contribution in [0.2, 0.25) is 0 Å². The number of hydrogen-bond donors (Lipinski definition) is 4. The molecule has 14 heteroatoms. The molecule has 2 amide bonds. The summed E-state index contributed by atoms with van der Waals surface area (Å²) in [5, 5.41) is 17.3. The first-order valence-corrected chi connectivity index (χ1v) is 18.9. The molecule has 0 fully saturated rings. The van der Waals surface area contributed by atoms with Gasteiger partial charge in [0.1, 0.15) is 6.10 Å². The molecule has 0 unspecified atom stereocenters. The van der Waals surface area contributed by atoms with Gasteiger partial charge in [0.15, 0.2) is 17.6 Å². The van der Waals surface area contributed by atoms with Gasteiger partial charge in [-0.2, -0.15) is 0 Å². The molecule has 1 aromatic carbocycles. The molecular weight excluding hydrogens is 732 g/mol. The highest BCUT2D eigenvalue weighted by Gasteiger charge is 2.33. The van der Waals surface area contributed by atoms with Crippen LogP contribution in [0.4, 0.5) is 4.79 Å². The Balaban J connectivity index is 1.94. The zero-order valence-electron chi connectivity index (χ0n) is 34.3. The molecule has 6 atom stereocenters. The molecule has 1 aliphatic heterocycles. The van der Waals surface area contributed by atoms with E-state index in [1.165, 1.54) is 20.3 Å². The molecule has 0 radical (unpaired) electrons. The maximum atomic E-state index is 14.1. The Kier molecular flexibility index (Phi) is 18.2. The molecule has 2 aliphatic rings. The summed E-state index contributed by atoms with van der Waals surface area (Å²) in [6.07, 6.45) is 9.94. The summed E-state index contributed by atoms with van der Waals surface area (Å²) >= 11 is 0. The number of ether oxygens (including phenoxy) is 5. The van der Waals surface area contributed by atoms with Gasteiger partial charge in [-0.3, -0.25) is 19.3 Å². The minimum Gasteiger partial charge on any atom is -0.493 e. The summed E-state index contributed by atoms with van der Waals surface area (Å²) in [4.78, 5) is 55.1. The summed E-state index contributed by atoms with van der Waals surface area (Å²) in [5.41, 5.74) is 7.42. The van der Waals surface area contributed by atoms with Gasteiger partial charge in [-0.1, -0.05) is 50.1 Å². The van der Waals surface area contributed by atoms with Crippen molar-refractivity contribution in [3.05, 3.63) is 82.3 Å². The van der Waals surface area contributed by atoms with Crippen LogP contribution in [-0.2, 0) is 35.0 Å². The number of terminal acetylenes is 1. The number of allylic oxidation sites excluding steroid dienone is 4. The van der Waals surface area contributed by atoms with Crippen molar-refractivity contribution >= 4 is 23.6 Å². The van der Waals surface area contributed by atoms with E-state index in [4.69, 9.17) is 35.8 Å². The highest BCUT2D eigenvalue weighted by atomic mass is 16.6. The van der Waals surface area contributed by atoms with Crippen LogP contribution in [0.15, 0.2) is 76.7 Å². The number of aliphatic hydroxyl groups is 1. The molecule has 57 heavy (non-hydrogen) atoms. The maximum Gasteiger partial charge on any atom is 0.405 e. The van der Waals surface area contributed by atoms with E-state index >= 15 is 0 Å². The van der Waals surface area contributed by atoms with Gasteiger partial charge in [0.2, 0.25) is 11.6 Å². The molecule has 1 aliphatic carbocycles. The van der Waals surface area contributed by atoms with E-state index in [1.807, 2.05) is 25.1 Å². The lowest BCUT2D eigenvalue weighted by molar-refractivity contribution is -0.120. The topological polar surface area (TPSA) is 188 Å². The van der Waals surface area contributed by atoms with Gasteiger partial charge in [0, 0.05) is 57.0 Å². The highest BCUT2D eigenvalue weighted by Crippen LogP contribution is 2.30. The number of rotatable bonds is 13. The van der Waals surface area contributed by atoms with E-state index in [1.54, 1.807) is 53.2 Å². The first-order valence-electron chi connectivity index (χ1n) is 18.9. The summed E-state index contributed by atoms with van der Waals surface area (Å²) in [7, 11) is 6.09. The Morgan fingerprint density at radius 3 is 2.42 bits per heavy atom. The fourth-order valence-electron chi connectivity index (χ4n) is 6.84. The number of Topliss-reactive ketones (excluding diaryl/α,β-unsaturated/α-hetero) is 1. The van der Waals surface area contributed by atoms with Crippen LogP contribution >= 0.6 is 0 Å². The number of hydrogen-bond acceptors (Lipinski definition) is 12. The SMILES string of the molecule is C#CCN(CCNC1=C2C[C@@H](C)C[C@H](OC)[C@H](O)[C@@H](C)/C=C(\C)[C@H](OC(N)=O)[C@@H](OC)/C=C\C=C(/C)C(=O)NC(=CC1=O)C2=O)CCc1ccc(OC)c(OC)c1. The Bertz CT molecular complexity index is 1810. The number of nitrogens with one attached hydrogen (secondary N) is 2. The van der Waals surface area contributed by atoms with Crippen molar-refractivity contribution < 1.29 is 48.0 Å². The van der Waals surface area contributed by atoms with Crippen molar-refractivity contribution in [1.82, 2.24) is 15.5 Å². The lowest BCUT2D eigenvalue weighted by Crippen LogP contribution is -2.39. The van der Waals surface area contributed by atoms with Crippen molar-refractivity contribution in [3.63, 3.8) is 0 Å². The number of ketones is 2. The fourth-order valence-corrected chi connectivity index (χ4v) is 6.84. The van der Waals surface area contributed by atoms with E-state index in [2.05, 4.69) is 21.5 Å². The third kappa shape index (κ3) is 13.2. The average molecular weight is 791 g/mol. The largest absolute Gasteiger partial charge is 0.493 e. The predicted molar refractivity (Wildman–Crippen MR) is 216 cm³/mol. The van der Waals surface area contributed by atoms with Gasteiger partial charge in [-0.15, -0.1) is 6.42 Å². The smallest absolute Gasteiger partial charge is 0.405 e. The first kappa shape index (κ1) is 46.2. The Morgan fingerprint density at radius 1 is 1.07 bits per heavy atom. The lowest BCUT2D eigenvalue weighted by Gasteiger charge is -2.30. The summed E-state index contributed by atoms with van der Waals surface area (Å²) < 4.78 is 27.6. The number of methoxy groups -OCH3 is 4. The molecule has 0 saturated heterocycles. The van der Waals surface area contributed by atoms with Crippen molar-refractivity contribution in [3.8, 4) is 23.8 Å². The van der Waals surface area contributed by atoms with Gasteiger partial charge in [-0.05, 0) is 62.3 Å². The van der Waals surface area contributed by atoms with Gasteiger partial charge in [0.25, 0.3) is 5.91 Å². The van der Waals surface area contributed by atoms with Crippen LogP contribution in [0.1, 0.15) is 46.1 Å². The molecule has 0 saturated carbocycles. The van der Waals surface area contributed by atoms with E-state index in [-0.39, 0.29) is 34.9 Å². The van der Waals surface area contributed by atoms with Crippen LogP contribution in [0.3, 0.4) is 0 Å². The highest BCUT2D eigenvalue weighted by molar-refractivity contribution is 6.23. The molecule has 2 bridgehead atoms. The predicted octanol–water partition coefficient (Wildman–Crippen LogP) is 3.55. The Labute approximate surface area is 336 Å². The second-order valence-corrected chi connectivity index (χ2v) is 14.3. The average Bonchev–Trinajstić information content (AvgIpc) is 3.18. The number of benzene rings is 1. The van der Waals surface area contributed by atoms with Crippen LogP contribution < -0.4 is 25.8 Å². The molecule has 3 rings (SSSR count). The monoisotopic (exact) mass is 790 g/mol. The summed E-state index contributed by atoms with van der Waals surface area (Å²) in [6, 6.07) is 5.73. The Morgan fingerprint density at radius 2 is 1.79 bits per heavy atom. The third-order valence-electron chi connectivity index (χ3n) is 10.0. The second-order valence-electron chi connectivity index (χ2n) is 14.3. The lowest BCUT2D eigenvalue weighted by atomic mass is 9.85. The molecule has 0 spiro atoms. The normalized spacial score (nSPS) is 26.3. The summed E-state index contributed by atoms with van der Waals surface area (Å²) in [5.74, 6) is 1.65. The number of aliphatic hydroxyl groups excluding tert-OH is 1. The van der Waals surface area contributed by atoms with Crippen molar-refractivity contribution in [1.29, 1.82) is 0 Å². The van der Waals surface area contributed by atoms with Gasteiger partial charge in [-0.25, -0.2) is 4.79 Å². The molecule has 0 aromatic heterocycles. The maximum absolute atomic E-state index is 14.1. The molecule has 310 valence electrons. The number of primary amides is 1. The quantitative estimate of drug-likeness (QED) is 0.130. The van der Waals surface area contributed by atoms with E-state index in [9.17, 15) is 24.3 Å². The van der Waals surface area contributed by atoms with Crippen molar-refractivity contribution in [2.75, 3.05) is 54.6 Å². The van der Waals surface area contributed by atoms with Crippen molar-refractivity contribution in [2.45, 2.75) is 71.4 Å². The van der Waals surface area contributed by atoms with Gasteiger partial charge >= 0.3 is 6.09 Å². The standard InChI is InChI=1S/C43H58N4O10/c1-10-18-47(19-16-30-14-15-34(53-6)36(24-30)55-8)20-17-45-38-31-21-26(2)22-37(56-9)39(49)28(4)23-29(5)41(57-43(44)52)35(54-7)13-11-12-27(3)42(51)46-32(40(31)50)25-33(38)48/h1,11-15,23-26,28,35,37,39,41,45,49H,16-22H2,2-9H3,(H2,44,52)(H,46,51)/b13-11-,27-12+,29-23+/t26-,28+,35+,37+,39-,41+/m1/s1. The number of amides is 2. The first-order chi connectivity index (χ1) is 27.2. The number of carbonyl (C=O) groups excluding carboxylic acids is 4. The zero-order valence-corrected chi connectivity index (χ0v) is 34.3. The van der Waals surface area contributed by atoms with E-state index in [0.717, 1.165) is 11.6 Å².